The number of nitrogens with one attached hydrogen (secondary N) is 2. The summed E-state index contributed by atoms with van der Waals surface area (Å²) < 4.78 is 45.3. The van der Waals surface area contributed by atoms with Crippen molar-refractivity contribution in [3.8, 4) is 0 Å². The third kappa shape index (κ3) is 5.02. The Morgan fingerprint density at radius 1 is 1.03 bits per heavy atom. The molecule has 0 saturated carbocycles. The van der Waals surface area contributed by atoms with Crippen LogP contribution in [0.15, 0.2) is 34.7 Å². The van der Waals surface area contributed by atoms with E-state index >= 15 is 0 Å². The standard InChI is InChI=1S/C21H25F3N2O4/c1-4-14-7-6-8-15(5-2)17(14)26-19(28)18(27)25-12-11-20(29,21(22,23)24)16-10-9-13(3)30-16/h6-10,29H,4-5,11-12H2,1-3H3,(H,25,27)(H,26,28)/t20-/m1/s1. The van der Waals surface area contributed by atoms with Crippen molar-refractivity contribution in [1.82, 2.24) is 5.32 Å². The number of benzene rings is 1. The second-order valence-corrected chi connectivity index (χ2v) is 6.89. The number of carbonyl (C=O) groups excluding carboxylic acids is 2. The van der Waals surface area contributed by atoms with Gasteiger partial charge in [-0.15, -0.1) is 0 Å². The molecule has 1 aromatic heterocycles. The molecule has 0 spiro atoms. The Morgan fingerprint density at radius 2 is 1.63 bits per heavy atom. The molecule has 6 nitrogen and oxygen atoms in total. The summed E-state index contributed by atoms with van der Waals surface area (Å²) in [5.41, 5.74) is -1.07. The summed E-state index contributed by atoms with van der Waals surface area (Å²) in [7, 11) is 0. The van der Waals surface area contributed by atoms with Crippen molar-refractivity contribution >= 4 is 17.5 Å². The SMILES string of the molecule is CCc1cccc(CC)c1NC(=O)C(=O)NCC[C@@](O)(c1ccc(C)o1)C(F)(F)F. The molecule has 9 heteroatoms. The lowest BCUT2D eigenvalue weighted by molar-refractivity contribution is -0.274. The zero-order valence-corrected chi connectivity index (χ0v) is 17.0. The van der Waals surface area contributed by atoms with E-state index in [-0.39, 0.29) is 5.76 Å². The van der Waals surface area contributed by atoms with Gasteiger partial charge in [-0.3, -0.25) is 9.59 Å². The molecule has 0 radical (unpaired) electrons. The van der Waals surface area contributed by atoms with Crippen molar-refractivity contribution in [2.75, 3.05) is 11.9 Å². The van der Waals surface area contributed by atoms with E-state index in [1.54, 1.807) is 0 Å². The van der Waals surface area contributed by atoms with Gasteiger partial charge in [-0.05, 0) is 43.0 Å². The van der Waals surface area contributed by atoms with Crippen molar-refractivity contribution in [3.05, 3.63) is 53.0 Å². The molecule has 0 aliphatic heterocycles. The molecule has 0 aliphatic carbocycles. The molecule has 1 atom stereocenters. The number of halogens is 3. The van der Waals surface area contributed by atoms with Gasteiger partial charge in [0, 0.05) is 18.7 Å². The van der Waals surface area contributed by atoms with E-state index in [4.69, 9.17) is 4.42 Å². The number of hydrogen-bond acceptors (Lipinski definition) is 4. The van der Waals surface area contributed by atoms with Gasteiger partial charge in [0.05, 0.1) is 0 Å². The maximum absolute atomic E-state index is 13.4. The maximum Gasteiger partial charge on any atom is 0.424 e. The van der Waals surface area contributed by atoms with Gasteiger partial charge >= 0.3 is 18.0 Å². The molecule has 2 aromatic rings. The highest BCUT2D eigenvalue weighted by molar-refractivity contribution is 6.39. The smallest absolute Gasteiger partial charge is 0.424 e. The lowest BCUT2D eigenvalue weighted by Crippen LogP contribution is -2.45. The predicted molar refractivity (Wildman–Crippen MR) is 105 cm³/mol. The van der Waals surface area contributed by atoms with Crippen LogP contribution in [-0.2, 0) is 28.0 Å². The maximum atomic E-state index is 13.4. The van der Waals surface area contributed by atoms with Crippen LogP contribution in [0.3, 0.4) is 0 Å². The normalized spacial score (nSPS) is 13.6. The minimum atomic E-state index is -5.03. The van der Waals surface area contributed by atoms with E-state index < -0.39 is 42.3 Å². The molecule has 0 fully saturated rings. The van der Waals surface area contributed by atoms with Crippen LogP contribution in [0.5, 0.6) is 0 Å². The van der Waals surface area contributed by atoms with Crippen molar-refractivity contribution in [2.45, 2.75) is 51.8 Å². The second kappa shape index (κ2) is 9.34. The average Bonchev–Trinajstić information content (AvgIpc) is 3.13. The zero-order chi connectivity index (χ0) is 22.5. The Bertz CT molecular complexity index is 886. The number of alkyl halides is 3. The molecular formula is C21H25F3N2O4. The molecular weight excluding hydrogens is 401 g/mol. The van der Waals surface area contributed by atoms with Crippen molar-refractivity contribution in [2.24, 2.45) is 0 Å². The van der Waals surface area contributed by atoms with E-state index in [0.29, 0.717) is 18.5 Å². The first kappa shape index (κ1) is 23.5. The summed E-state index contributed by atoms with van der Waals surface area (Å²) in [6.45, 7) is 4.67. The highest BCUT2D eigenvalue weighted by atomic mass is 19.4. The third-order valence-electron chi connectivity index (χ3n) is 4.83. The van der Waals surface area contributed by atoms with Gasteiger partial charge in [0.1, 0.15) is 11.5 Å². The molecule has 3 N–H and O–H groups in total. The molecule has 0 aliphatic rings. The number of para-hydroxylation sites is 1. The van der Waals surface area contributed by atoms with Gasteiger partial charge in [-0.2, -0.15) is 13.2 Å². The first-order chi connectivity index (χ1) is 14.0. The van der Waals surface area contributed by atoms with Crippen LogP contribution in [0.25, 0.3) is 0 Å². The first-order valence-electron chi connectivity index (χ1n) is 9.59. The molecule has 0 unspecified atom stereocenters. The summed E-state index contributed by atoms with van der Waals surface area (Å²) in [5.74, 6) is -2.55. The van der Waals surface area contributed by atoms with Crippen molar-refractivity contribution < 1.29 is 32.3 Å². The Kier molecular flexibility index (Phi) is 7.30. The average molecular weight is 426 g/mol. The minimum Gasteiger partial charge on any atom is -0.463 e. The van der Waals surface area contributed by atoms with Gasteiger partial charge in [0.15, 0.2) is 0 Å². The van der Waals surface area contributed by atoms with Crippen LogP contribution in [0, 0.1) is 6.92 Å². The number of furan rings is 1. The molecule has 0 bridgehead atoms. The van der Waals surface area contributed by atoms with Crippen LogP contribution < -0.4 is 10.6 Å². The fourth-order valence-electron chi connectivity index (χ4n) is 3.07. The van der Waals surface area contributed by atoms with Gasteiger partial charge in [-0.1, -0.05) is 32.0 Å². The minimum absolute atomic E-state index is 0.206. The highest BCUT2D eigenvalue weighted by Gasteiger charge is 2.56. The van der Waals surface area contributed by atoms with Gasteiger partial charge in [0.25, 0.3) is 0 Å². The van der Waals surface area contributed by atoms with Crippen LogP contribution in [0.2, 0.25) is 0 Å². The van der Waals surface area contributed by atoms with Crippen molar-refractivity contribution in [3.63, 3.8) is 0 Å². The van der Waals surface area contributed by atoms with Gasteiger partial charge in [-0.25, -0.2) is 0 Å². The van der Waals surface area contributed by atoms with Gasteiger partial charge in [0.2, 0.25) is 5.60 Å². The fourth-order valence-corrected chi connectivity index (χ4v) is 3.07. The van der Waals surface area contributed by atoms with E-state index in [1.807, 2.05) is 32.0 Å². The fraction of sp³-hybridized carbons (Fsp3) is 0.429. The molecule has 2 rings (SSSR count). The van der Waals surface area contributed by atoms with E-state index in [1.165, 1.54) is 13.0 Å². The topological polar surface area (TPSA) is 91.6 Å². The largest absolute Gasteiger partial charge is 0.463 e. The number of aliphatic hydroxyl groups is 1. The number of amides is 2. The first-order valence-corrected chi connectivity index (χ1v) is 9.59. The lowest BCUT2D eigenvalue weighted by atomic mass is 9.95. The lowest BCUT2D eigenvalue weighted by Gasteiger charge is -2.28. The number of rotatable bonds is 7. The van der Waals surface area contributed by atoms with E-state index in [2.05, 4.69) is 10.6 Å². The molecule has 1 heterocycles. The Balaban J connectivity index is 2.06. The van der Waals surface area contributed by atoms with Crippen LogP contribution in [-0.4, -0.2) is 29.6 Å². The number of aryl methyl sites for hydroxylation is 3. The quantitative estimate of drug-likeness (QED) is 0.590. The van der Waals surface area contributed by atoms with Crippen molar-refractivity contribution in [1.29, 1.82) is 0 Å². The Hall–Kier alpha value is -2.81. The Labute approximate surface area is 172 Å². The summed E-state index contributed by atoms with van der Waals surface area (Å²) in [4.78, 5) is 24.4. The second-order valence-electron chi connectivity index (χ2n) is 6.89. The van der Waals surface area contributed by atoms with E-state index in [9.17, 15) is 27.9 Å². The molecule has 1 aromatic carbocycles. The number of carbonyl (C=O) groups is 2. The van der Waals surface area contributed by atoms with Gasteiger partial charge < -0.3 is 20.2 Å². The Morgan fingerprint density at radius 3 is 2.10 bits per heavy atom. The van der Waals surface area contributed by atoms with Crippen LogP contribution in [0.4, 0.5) is 18.9 Å². The molecule has 30 heavy (non-hydrogen) atoms. The van der Waals surface area contributed by atoms with Crippen LogP contribution in [0.1, 0.15) is 42.9 Å². The molecule has 0 saturated heterocycles. The number of anilines is 1. The predicted octanol–water partition coefficient (Wildman–Crippen LogP) is 3.61. The summed E-state index contributed by atoms with van der Waals surface area (Å²) in [5, 5.41) is 14.9. The van der Waals surface area contributed by atoms with Crippen LogP contribution >= 0.6 is 0 Å². The summed E-state index contributed by atoms with van der Waals surface area (Å²) >= 11 is 0. The molecule has 2 amide bonds. The summed E-state index contributed by atoms with van der Waals surface area (Å²) in [6, 6.07) is 7.82. The van der Waals surface area contributed by atoms with E-state index in [0.717, 1.165) is 17.2 Å². The highest BCUT2D eigenvalue weighted by Crippen LogP contribution is 2.42. The molecule has 164 valence electrons. The third-order valence-corrected chi connectivity index (χ3v) is 4.83. The summed E-state index contributed by atoms with van der Waals surface area (Å²) in [6.07, 6.45) is -4.67. The number of hydrogen-bond donors (Lipinski definition) is 3. The zero-order valence-electron chi connectivity index (χ0n) is 17.0. The monoisotopic (exact) mass is 426 g/mol.